The van der Waals surface area contributed by atoms with E-state index in [1.165, 1.54) is 13.1 Å². The van der Waals surface area contributed by atoms with Crippen LogP contribution in [0.2, 0.25) is 0 Å². The van der Waals surface area contributed by atoms with Gasteiger partial charge in [0.1, 0.15) is 12.3 Å². The smallest absolute Gasteiger partial charge is 0.390 e. The minimum Gasteiger partial charge on any atom is -0.390 e. The number of phosphoric acid groups is 2. The molecule has 194 valence electrons. The lowest BCUT2D eigenvalue weighted by molar-refractivity contribution is -0.0767. The summed E-state index contributed by atoms with van der Waals surface area (Å²) >= 11 is 0. The lowest BCUT2D eigenvalue weighted by Crippen LogP contribution is -2.42. The Morgan fingerprint density at radius 1 is 1.12 bits per heavy atom. The van der Waals surface area contributed by atoms with Crippen LogP contribution in [-0.4, -0.2) is 71.8 Å². The largest absolute Gasteiger partial charge is 0.481 e. The van der Waals surface area contributed by atoms with Gasteiger partial charge in [-0.05, 0) is 19.3 Å². The predicted octanol–water partition coefficient (Wildman–Crippen LogP) is -0.736. The number of aromatic amines is 1. The van der Waals surface area contributed by atoms with Gasteiger partial charge in [-0.25, -0.2) is 13.9 Å². The molecule has 1 aromatic rings. The summed E-state index contributed by atoms with van der Waals surface area (Å²) in [5, 5.41) is 29.7. The van der Waals surface area contributed by atoms with E-state index in [-0.39, 0.29) is 24.8 Å². The van der Waals surface area contributed by atoms with E-state index in [2.05, 4.69) is 13.8 Å². The minimum absolute atomic E-state index is 0.0931. The molecule has 3 rings (SSSR count). The zero-order valence-corrected chi connectivity index (χ0v) is 20.1. The summed E-state index contributed by atoms with van der Waals surface area (Å²) in [6.45, 7) is 2.31. The number of H-pyrrole nitrogens is 1. The molecule has 0 aromatic carbocycles. The molecule has 0 radical (unpaired) electrons. The highest BCUT2D eigenvalue weighted by Gasteiger charge is 2.43. The van der Waals surface area contributed by atoms with E-state index in [0.29, 0.717) is 0 Å². The molecule has 0 spiro atoms. The molecule has 9 atom stereocenters. The number of rotatable bonds is 8. The number of nitrogens with zero attached hydrogens (tertiary/aromatic N) is 1. The SMILES string of the molecule is Cc1cn([C@H]2C[C@H](O)[C@@H](COP(=O)(O)OP(=O)(O)O[C@@H]3C[C@@H](O)[C@H](O)[C@@H](C)C3)O2)c(=O)[nH]c1=O. The highest BCUT2D eigenvalue weighted by atomic mass is 31.3. The van der Waals surface area contributed by atoms with E-state index >= 15 is 0 Å². The molecule has 2 fully saturated rings. The van der Waals surface area contributed by atoms with Gasteiger partial charge in [0.2, 0.25) is 0 Å². The molecule has 0 bridgehead atoms. The van der Waals surface area contributed by atoms with Crippen LogP contribution in [0.4, 0.5) is 0 Å². The molecule has 1 saturated heterocycles. The average Bonchev–Trinajstić information content (AvgIpc) is 3.06. The summed E-state index contributed by atoms with van der Waals surface area (Å²) in [4.78, 5) is 45.3. The van der Waals surface area contributed by atoms with Crippen molar-refractivity contribution in [3.8, 4) is 0 Å². The first-order valence-electron chi connectivity index (χ1n) is 10.4. The monoisotopic (exact) mass is 530 g/mol. The number of hydrogen-bond acceptors (Lipinski definition) is 11. The molecule has 34 heavy (non-hydrogen) atoms. The van der Waals surface area contributed by atoms with Crippen molar-refractivity contribution < 1.29 is 52.3 Å². The first-order chi connectivity index (χ1) is 15.7. The molecule has 6 N–H and O–H groups in total. The van der Waals surface area contributed by atoms with Crippen LogP contribution in [0.15, 0.2) is 15.8 Å². The second kappa shape index (κ2) is 10.4. The van der Waals surface area contributed by atoms with Crippen LogP contribution in [0.3, 0.4) is 0 Å². The average molecular weight is 530 g/mol. The Labute approximate surface area is 193 Å². The summed E-state index contributed by atoms with van der Waals surface area (Å²) in [5.41, 5.74) is -1.14. The number of aryl methyl sites for hydroxylation is 1. The number of aliphatic hydroxyl groups is 3. The third kappa shape index (κ3) is 6.71. The van der Waals surface area contributed by atoms with Crippen molar-refractivity contribution in [2.75, 3.05) is 6.61 Å². The zero-order chi connectivity index (χ0) is 25.4. The standard InChI is InChI=1S/C17H28N2O13P2/c1-8-3-10(4-12(21)15(8)22)31-34(27,28)32-33(25,26)29-7-13-11(20)5-14(30-13)19-6-9(2)16(23)18-17(19)24/h6,8,10-15,20-22H,3-5,7H2,1-2H3,(H,25,26)(H,27,28)(H,18,23,24)/t8-,10-,11-,12+,13+,14+,15+/m0/s1. The Morgan fingerprint density at radius 3 is 2.44 bits per heavy atom. The van der Waals surface area contributed by atoms with Gasteiger partial charge >= 0.3 is 21.3 Å². The normalized spacial score (nSPS) is 35.6. The Bertz CT molecular complexity index is 1080. The summed E-state index contributed by atoms with van der Waals surface area (Å²) in [5.74, 6) is -0.460. The van der Waals surface area contributed by atoms with Gasteiger partial charge in [-0.3, -0.25) is 23.4 Å². The number of nitrogens with one attached hydrogen (secondary N) is 1. The first-order valence-corrected chi connectivity index (χ1v) is 13.4. The summed E-state index contributed by atoms with van der Waals surface area (Å²) in [6, 6.07) is 0. The van der Waals surface area contributed by atoms with Gasteiger partial charge in [0.05, 0.1) is 31.0 Å². The molecule has 1 aliphatic carbocycles. The lowest BCUT2D eigenvalue weighted by Gasteiger charge is -2.35. The zero-order valence-electron chi connectivity index (χ0n) is 18.3. The number of aliphatic hydroxyl groups excluding tert-OH is 3. The first kappa shape index (κ1) is 27.4. The van der Waals surface area contributed by atoms with Gasteiger partial charge in [0, 0.05) is 24.6 Å². The van der Waals surface area contributed by atoms with Crippen molar-refractivity contribution in [2.45, 2.75) is 69.9 Å². The molecule has 1 aliphatic heterocycles. The van der Waals surface area contributed by atoms with E-state index in [1.54, 1.807) is 6.92 Å². The molecular formula is C17H28N2O13P2. The highest BCUT2D eigenvalue weighted by Crippen LogP contribution is 2.61. The van der Waals surface area contributed by atoms with Gasteiger partial charge < -0.3 is 29.8 Å². The maximum Gasteiger partial charge on any atom is 0.481 e. The van der Waals surface area contributed by atoms with Crippen molar-refractivity contribution in [3.05, 3.63) is 32.6 Å². The van der Waals surface area contributed by atoms with E-state index in [4.69, 9.17) is 9.26 Å². The van der Waals surface area contributed by atoms with Gasteiger partial charge in [0.25, 0.3) is 5.56 Å². The fourth-order valence-corrected chi connectivity index (χ4v) is 6.16. The Hall–Kier alpha value is -1.22. The summed E-state index contributed by atoms with van der Waals surface area (Å²) < 4.78 is 44.7. The van der Waals surface area contributed by atoms with Gasteiger partial charge in [-0.15, -0.1) is 0 Å². The molecule has 15 nitrogen and oxygen atoms in total. The van der Waals surface area contributed by atoms with E-state index in [1.807, 2.05) is 0 Å². The molecule has 2 unspecified atom stereocenters. The van der Waals surface area contributed by atoms with Crippen LogP contribution in [-0.2, 0) is 27.2 Å². The van der Waals surface area contributed by atoms with E-state index in [9.17, 15) is 43.8 Å². The number of hydrogen-bond donors (Lipinski definition) is 6. The Balaban J connectivity index is 1.56. The van der Waals surface area contributed by atoms with E-state index < -0.39 is 76.2 Å². The van der Waals surface area contributed by atoms with Crippen molar-refractivity contribution in [3.63, 3.8) is 0 Å². The third-order valence-corrected chi connectivity index (χ3v) is 8.36. The molecule has 2 heterocycles. The van der Waals surface area contributed by atoms with Crippen LogP contribution >= 0.6 is 15.6 Å². The highest BCUT2D eigenvalue weighted by molar-refractivity contribution is 7.61. The van der Waals surface area contributed by atoms with Crippen LogP contribution in [0.5, 0.6) is 0 Å². The number of aromatic nitrogens is 2. The lowest BCUT2D eigenvalue weighted by atomic mass is 9.84. The van der Waals surface area contributed by atoms with Crippen LogP contribution in [0, 0.1) is 12.8 Å². The molecule has 1 aromatic heterocycles. The molecule has 0 amide bonds. The number of ether oxygens (including phenoxy) is 1. The molecule has 1 saturated carbocycles. The van der Waals surface area contributed by atoms with Crippen LogP contribution in [0.1, 0.15) is 38.0 Å². The fourth-order valence-electron chi connectivity index (χ4n) is 3.89. The second-order valence-corrected chi connectivity index (χ2v) is 11.5. The second-order valence-electron chi connectivity index (χ2n) is 8.46. The molecule has 2 aliphatic rings. The maximum absolute atomic E-state index is 12.2. The fraction of sp³-hybridized carbons (Fsp3) is 0.765. The summed E-state index contributed by atoms with van der Waals surface area (Å²) in [7, 11) is -10.3. The van der Waals surface area contributed by atoms with Gasteiger partial charge in [-0.1, -0.05) is 6.92 Å². The Morgan fingerprint density at radius 2 is 1.79 bits per heavy atom. The van der Waals surface area contributed by atoms with E-state index in [0.717, 1.165) is 4.57 Å². The molecule has 17 heteroatoms. The van der Waals surface area contributed by atoms with Gasteiger partial charge in [0.15, 0.2) is 0 Å². The van der Waals surface area contributed by atoms with Gasteiger partial charge in [-0.2, -0.15) is 4.31 Å². The third-order valence-electron chi connectivity index (χ3n) is 5.67. The Kier molecular flexibility index (Phi) is 8.38. The summed E-state index contributed by atoms with van der Waals surface area (Å²) in [6.07, 6.45) is -5.69. The van der Waals surface area contributed by atoms with Crippen molar-refractivity contribution >= 4 is 15.6 Å². The maximum atomic E-state index is 12.2. The van der Waals surface area contributed by atoms with Crippen molar-refractivity contribution in [1.82, 2.24) is 9.55 Å². The minimum atomic E-state index is -5.18. The quantitative estimate of drug-likeness (QED) is 0.228. The topological polar surface area (TPSA) is 227 Å². The predicted molar refractivity (Wildman–Crippen MR) is 113 cm³/mol. The van der Waals surface area contributed by atoms with Crippen molar-refractivity contribution in [2.24, 2.45) is 5.92 Å². The molecular weight excluding hydrogens is 502 g/mol. The number of phosphoric ester groups is 2. The van der Waals surface area contributed by atoms with Crippen molar-refractivity contribution in [1.29, 1.82) is 0 Å². The van der Waals surface area contributed by atoms with Crippen LogP contribution in [0.25, 0.3) is 0 Å². The van der Waals surface area contributed by atoms with Crippen LogP contribution < -0.4 is 11.2 Å².